The number of hydrazine groups is 1. The first-order valence-corrected chi connectivity index (χ1v) is 7.91. The van der Waals surface area contributed by atoms with Gasteiger partial charge in [-0.1, -0.05) is 22.0 Å². The van der Waals surface area contributed by atoms with Crippen molar-refractivity contribution in [3.8, 4) is 11.5 Å². The Bertz CT molecular complexity index is 749. The Morgan fingerprint density at radius 1 is 1.12 bits per heavy atom. The number of nitrogens with one attached hydrogen (secondary N) is 2. The predicted octanol–water partition coefficient (Wildman–Crippen LogP) is 2.61. The van der Waals surface area contributed by atoms with E-state index in [0.717, 1.165) is 10.0 Å². The van der Waals surface area contributed by atoms with Gasteiger partial charge in [-0.2, -0.15) is 0 Å². The average Bonchev–Trinajstić information content (AvgIpc) is 2.59. The van der Waals surface area contributed by atoms with Crippen LogP contribution in [0.15, 0.2) is 46.9 Å². The van der Waals surface area contributed by atoms with Crippen LogP contribution < -0.4 is 20.3 Å². The summed E-state index contributed by atoms with van der Waals surface area (Å²) in [6.45, 7) is 1.67. The van der Waals surface area contributed by atoms with Crippen molar-refractivity contribution >= 4 is 27.7 Å². The zero-order chi connectivity index (χ0) is 17.5. The smallest absolute Gasteiger partial charge is 0.276 e. The maximum Gasteiger partial charge on any atom is 0.276 e. The van der Waals surface area contributed by atoms with Gasteiger partial charge in [0.05, 0.1) is 7.11 Å². The highest BCUT2D eigenvalue weighted by atomic mass is 79.9. The largest absolute Gasteiger partial charge is 0.497 e. The third-order valence-electron chi connectivity index (χ3n) is 3.14. The standard InChI is InChI=1S/C17H17BrN2O4/c1-11-8-13(18)6-7-15(11)24-10-16(21)19-20-17(22)12-4-3-5-14(9-12)23-2/h3-9H,10H2,1-2H3,(H,19,21)(H,20,22). The van der Waals surface area contributed by atoms with Crippen LogP contribution in [0.1, 0.15) is 15.9 Å². The lowest BCUT2D eigenvalue weighted by Gasteiger charge is -2.11. The number of methoxy groups -OCH3 is 1. The van der Waals surface area contributed by atoms with Gasteiger partial charge in [0.25, 0.3) is 11.8 Å². The van der Waals surface area contributed by atoms with E-state index in [4.69, 9.17) is 9.47 Å². The molecule has 7 heteroatoms. The summed E-state index contributed by atoms with van der Waals surface area (Å²) < 4.78 is 11.4. The highest BCUT2D eigenvalue weighted by Gasteiger charge is 2.09. The lowest BCUT2D eigenvalue weighted by Crippen LogP contribution is -2.43. The number of carbonyl (C=O) groups excluding carboxylic acids is 2. The number of carbonyl (C=O) groups is 2. The van der Waals surface area contributed by atoms with Crippen molar-refractivity contribution in [1.82, 2.24) is 10.9 Å². The number of benzene rings is 2. The fourth-order valence-corrected chi connectivity index (χ4v) is 2.39. The number of aryl methyl sites for hydroxylation is 1. The molecule has 0 atom stereocenters. The summed E-state index contributed by atoms with van der Waals surface area (Å²) in [5.74, 6) is 0.256. The molecule has 0 unspecified atom stereocenters. The Kier molecular flexibility index (Phi) is 6.20. The van der Waals surface area contributed by atoms with Crippen molar-refractivity contribution in [2.75, 3.05) is 13.7 Å². The van der Waals surface area contributed by atoms with Crippen LogP contribution in [0.25, 0.3) is 0 Å². The Labute approximate surface area is 148 Å². The lowest BCUT2D eigenvalue weighted by atomic mass is 10.2. The van der Waals surface area contributed by atoms with Crippen molar-refractivity contribution in [3.63, 3.8) is 0 Å². The Balaban J connectivity index is 1.83. The van der Waals surface area contributed by atoms with Crippen LogP contribution in [0.5, 0.6) is 11.5 Å². The Morgan fingerprint density at radius 2 is 1.92 bits per heavy atom. The van der Waals surface area contributed by atoms with Crippen molar-refractivity contribution in [2.45, 2.75) is 6.92 Å². The summed E-state index contributed by atoms with van der Waals surface area (Å²) in [4.78, 5) is 23.7. The van der Waals surface area contributed by atoms with Gasteiger partial charge in [-0.3, -0.25) is 20.4 Å². The Morgan fingerprint density at radius 3 is 2.62 bits per heavy atom. The molecule has 0 bridgehead atoms. The molecule has 2 amide bonds. The highest BCUT2D eigenvalue weighted by Crippen LogP contribution is 2.21. The van der Waals surface area contributed by atoms with Gasteiger partial charge in [-0.25, -0.2) is 0 Å². The zero-order valence-corrected chi connectivity index (χ0v) is 14.8. The van der Waals surface area contributed by atoms with Crippen molar-refractivity contribution in [3.05, 3.63) is 58.1 Å². The fourth-order valence-electron chi connectivity index (χ4n) is 1.92. The molecule has 2 aromatic carbocycles. The van der Waals surface area contributed by atoms with Crippen molar-refractivity contribution in [1.29, 1.82) is 0 Å². The molecular formula is C17H17BrN2O4. The molecule has 0 fully saturated rings. The molecule has 0 aliphatic heterocycles. The van der Waals surface area contributed by atoms with Gasteiger partial charge in [0.15, 0.2) is 6.61 Å². The van der Waals surface area contributed by atoms with Crippen LogP contribution in [-0.2, 0) is 4.79 Å². The summed E-state index contributed by atoms with van der Waals surface area (Å²) in [7, 11) is 1.51. The molecule has 0 aliphatic rings. The van der Waals surface area contributed by atoms with E-state index in [2.05, 4.69) is 26.8 Å². The van der Waals surface area contributed by atoms with Gasteiger partial charge in [-0.15, -0.1) is 0 Å². The van der Waals surface area contributed by atoms with E-state index in [9.17, 15) is 9.59 Å². The van der Waals surface area contributed by atoms with Gasteiger partial charge in [0.1, 0.15) is 11.5 Å². The zero-order valence-electron chi connectivity index (χ0n) is 13.3. The van der Waals surface area contributed by atoms with E-state index in [-0.39, 0.29) is 6.61 Å². The van der Waals surface area contributed by atoms with E-state index in [1.807, 2.05) is 19.1 Å². The average molecular weight is 393 g/mol. The normalized spacial score (nSPS) is 9.96. The molecule has 126 valence electrons. The molecule has 0 heterocycles. The number of halogens is 1. The van der Waals surface area contributed by atoms with Gasteiger partial charge >= 0.3 is 0 Å². The molecule has 0 saturated heterocycles. The summed E-state index contributed by atoms with van der Waals surface area (Å²) >= 11 is 3.36. The summed E-state index contributed by atoms with van der Waals surface area (Å²) in [5.41, 5.74) is 5.91. The number of amides is 2. The third-order valence-corrected chi connectivity index (χ3v) is 3.64. The molecule has 0 aromatic heterocycles. The molecule has 0 radical (unpaired) electrons. The molecule has 2 N–H and O–H groups in total. The quantitative estimate of drug-likeness (QED) is 0.766. The van der Waals surface area contributed by atoms with Crippen LogP contribution >= 0.6 is 15.9 Å². The summed E-state index contributed by atoms with van der Waals surface area (Å²) in [5, 5.41) is 0. The first-order chi connectivity index (χ1) is 11.5. The number of hydrogen-bond acceptors (Lipinski definition) is 4. The second-order valence-corrected chi connectivity index (χ2v) is 5.85. The van der Waals surface area contributed by atoms with Crippen molar-refractivity contribution < 1.29 is 19.1 Å². The third kappa shape index (κ3) is 4.99. The monoisotopic (exact) mass is 392 g/mol. The van der Waals surface area contributed by atoms with Gasteiger partial charge in [-0.05, 0) is 48.9 Å². The molecule has 0 saturated carbocycles. The minimum absolute atomic E-state index is 0.207. The second-order valence-electron chi connectivity index (χ2n) is 4.93. The second kappa shape index (κ2) is 8.35. The van der Waals surface area contributed by atoms with Crippen LogP contribution in [0.4, 0.5) is 0 Å². The molecule has 2 rings (SSSR count). The maximum atomic E-state index is 12.0. The minimum atomic E-state index is -0.464. The van der Waals surface area contributed by atoms with Crippen LogP contribution in [0, 0.1) is 6.92 Å². The van der Waals surface area contributed by atoms with E-state index in [1.54, 1.807) is 30.3 Å². The number of hydrogen-bond donors (Lipinski definition) is 2. The fraction of sp³-hybridized carbons (Fsp3) is 0.176. The number of rotatable bonds is 5. The van der Waals surface area contributed by atoms with Crippen LogP contribution in [0.3, 0.4) is 0 Å². The molecule has 6 nitrogen and oxygen atoms in total. The molecule has 0 aliphatic carbocycles. The van der Waals surface area contributed by atoms with Gasteiger partial charge < -0.3 is 9.47 Å². The Hall–Kier alpha value is -2.54. The lowest BCUT2D eigenvalue weighted by molar-refractivity contribution is -0.123. The SMILES string of the molecule is COc1cccc(C(=O)NNC(=O)COc2ccc(Br)cc2C)c1. The molecule has 24 heavy (non-hydrogen) atoms. The van der Waals surface area contributed by atoms with Gasteiger partial charge in [0.2, 0.25) is 0 Å². The van der Waals surface area contributed by atoms with E-state index in [1.165, 1.54) is 7.11 Å². The topological polar surface area (TPSA) is 76.7 Å². The maximum absolute atomic E-state index is 12.0. The van der Waals surface area contributed by atoms with Crippen LogP contribution in [-0.4, -0.2) is 25.5 Å². The first kappa shape index (κ1) is 17.8. The van der Waals surface area contributed by atoms with Crippen LogP contribution in [0.2, 0.25) is 0 Å². The van der Waals surface area contributed by atoms with Gasteiger partial charge in [0, 0.05) is 10.0 Å². The first-order valence-electron chi connectivity index (χ1n) is 7.12. The predicted molar refractivity (Wildman–Crippen MR) is 93.0 cm³/mol. The molecule has 2 aromatic rings. The number of ether oxygens (including phenoxy) is 2. The van der Waals surface area contributed by atoms with E-state index < -0.39 is 11.8 Å². The molecule has 0 spiro atoms. The van der Waals surface area contributed by atoms with Crippen molar-refractivity contribution in [2.24, 2.45) is 0 Å². The molecular weight excluding hydrogens is 376 g/mol. The highest BCUT2D eigenvalue weighted by molar-refractivity contribution is 9.10. The minimum Gasteiger partial charge on any atom is -0.497 e. The summed E-state index contributed by atoms with van der Waals surface area (Å²) in [6.07, 6.45) is 0. The summed E-state index contributed by atoms with van der Waals surface area (Å²) in [6, 6.07) is 12.1. The van der Waals surface area contributed by atoms with E-state index in [0.29, 0.717) is 17.1 Å². The van der Waals surface area contributed by atoms with E-state index >= 15 is 0 Å².